The zero-order valence-corrected chi connectivity index (χ0v) is 18.3. The monoisotopic (exact) mass is 444 g/mol. The highest BCUT2D eigenvalue weighted by Crippen LogP contribution is 2.34. The van der Waals surface area contributed by atoms with Crippen LogP contribution in [-0.2, 0) is 4.74 Å². The fourth-order valence-corrected chi connectivity index (χ4v) is 5.20. The fraction of sp³-hybridized carbons (Fsp3) is 0.208. The minimum atomic E-state index is -0.155. The topological polar surface area (TPSA) is 69.0 Å². The number of benzene rings is 2. The number of morpholine rings is 1. The Hall–Kier alpha value is -3.49. The highest BCUT2D eigenvalue weighted by atomic mass is 32.1. The first-order chi connectivity index (χ1) is 15.7. The molecule has 6 rings (SSSR count). The molecule has 0 unspecified atom stereocenters. The van der Waals surface area contributed by atoms with E-state index in [1.54, 1.807) is 7.11 Å². The molecule has 8 heteroatoms. The number of aromatic nitrogens is 3. The van der Waals surface area contributed by atoms with Crippen molar-refractivity contribution in [2.75, 3.05) is 38.3 Å². The maximum Gasteiger partial charge on any atom is 0.283 e. The Balaban J connectivity index is 1.64. The summed E-state index contributed by atoms with van der Waals surface area (Å²) in [5.41, 5.74) is 2.24. The van der Waals surface area contributed by atoms with Crippen molar-refractivity contribution < 1.29 is 9.47 Å². The van der Waals surface area contributed by atoms with Crippen molar-refractivity contribution >= 4 is 43.8 Å². The molecule has 1 aliphatic heterocycles. The molecule has 0 atom stereocenters. The Morgan fingerprint density at radius 3 is 2.53 bits per heavy atom. The molecule has 4 heterocycles. The van der Waals surface area contributed by atoms with Gasteiger partial charge in [0.05, 0.1) is 25.7 Å². The van der Waals surface area contributed by atoms with E-state index in [9.17, 15) is 4.79 Å². The Kier molecular flexibility index (Phi) is 4.55. The number of ether oxygens (including phenoxy) is 2. The van der Waals surface area contributed by atoms with Gasteiger partial charge in [0.1, 0.15) is 10.6 Å². The molecule has 160 valence electrons. The van der Waals surface area contributed by atoms with Gasteiger partial charge in [0, 0.05) is 34.8 Å². The van der Waals surface area contributed by atoms with Crippen molar-refractivity contribution in [3.05, 3.63) is 64.3 Å². The van der Waals surface area contributed by atoms with Gasteiger partial charge >= 0.3 is 0 Å². The lowest BCUT2D eigenvalue weighted by atomic mass is 10.1. The highest BCUT2D eigenvalue weighted by Gasteiger charge is 2.21. The lowest BCUT2D eigenvalue weighted by Crippen LogP contribution is -2.37. The SMILES string of the molecule is COc1ccc(-c2csc3nc4c5ccccc5c(N5CCOCC5)nn4c(=O)c23)cc1. The Bertz CT molecular complexity index is 1520. The molecule has 32 heavy (non-hydrogen) atoms. The summed E-state index contributed by atoms with van der Waals surface area (Å²) in [4.78, 5) is 21.5. The largest absolute Gasteiger partial charge is 0.497 e. The van der Waals surface area contributed by atoms with E-state index in [0.717, 1.165) is 46.6 Å². The third kappa shape index (κ3) is 2.95. The van der Waals surface area contributed by atoms with Crippen molar-refractivity contribution in [1.29, 1.82) is 0 Å². The molecule has 0 spiro atoms. The van der Waals surface area contributed by atoms with Crippen molar-refractivity contribution in [3.63, 3.8) is 0 Å². The lowest BCUT2D eigenvalue weighted by molar-refractivity contribution is 0.122. The first kappa shape index (κ1) is 19.2. The molecule has 0 bridgehead atoms. The summed E-state index contributed by atoms with van der Waals surface area (Å²) in [6.45, 7) is 2.77. The van der Waals surface area contributed by atoms with E-state index in [-0.39, 0.29) is 5.56 Å². The van der Waals surface area contributed by atoms with E-state index in [2.05, 4.69) is 4.90 Å². The minimum absolute atomic E-state index is 0.155. The Labute approximate surface area is 187 Å². The van der Waals surface area contributed by atoms with Crippen LogP contribution in [0.1, 0.15) is 0 Å². The molecule has 0 radical (unpaired) electrons. The van der Waals surface area contributed by atoms with Gasteiger partial charge in [-0.2, -0.15) is 4.52 Å². The number of hydrogen-bond acceptors (Lipinski definition) is 7. The van der Waals surface area contributed by atoms with Gasteiger partial charge in [-0.25, -0.2) is 4.98 Å². The number of methoxy groups -OCH3 is 1. The molecule has 1 aliphatic rings. The molecule has 2 aromatic carbocycles. The molecule has 0 aliphatic carbocycles. The molecule has 0 N–H and O–H groups in total. The van der Waals surface area contributed by atoms with Gasteiger partial charge in [-0.05, 0) is 17.7 Å². The molecule has 1 fully saturated rings. The average molecular weight is 445 g/mol. The third-order valence-electron chi connectivity index (χ3n) is 5.90. The highest BCUT2D eigenvalue weighted by molar-refractivity contribution is 7.17. The summed E-state index contributed by atoms with van der Waals surface area (Å²) in [7, 11) is 1.64. The molecule has 5 aromatic rings. The van der Waals surface area contributed by atoms with Gasteiger partial charge in [-0.15, -0.1) is 16.4 Å². The summed E-state index contributed by atoms with van der Waals surface area (Å²) in [5, 5.41) is 9.31. The first-order valence-electron chi connectivity index (χ1n) is 10.4. The number of nitrogens with zero attached hydrogens (tertiary/aromatic N) is 4. The van der Waals surface area contributed by atoms with Crippen molar-refractivity contribution in [3.8, 4) is 16.9 Å². The van der Waals surface area contributed by atoms with Gasteiger partial charge in [-0.3, -0.25) is 4.79 Å². The van der Waals surface area contributed by atoms with Crippen LogP contribution in [0.25, 0.3) is 37.8 Å². The summed E-state index contributed by atoms with van der Waals surface area (Å²) in [6.07, 6.45) is 0. The van der Waals surface area contributed by atoms with E-state index in [1.807, 2.05) is 53.9 Å². The van der Waals surface area contributed by atoms with E-state index in [0.29, 0.717) is 29.1 Å². The number of anilines is 1. The molecular formula is C24H20N4O3S. The van der Waals surface area contributed by atoms with Crippen LogP contribution in [0, 0.1) is 0 Å². The number of thiophene rings is 1. The second-order valence-corrected chi connectivity index (χ2v) is 8.54. The molecular weight excluding hydrogens is 424 g/mol. The van der Waals surface area contributed by atoms with Gasteiger partial charge in [0.2, 0.25) is 0 Å². The van der Waals surface area contributed by atoms with Gasteiger partial charge in [0.15, 0.2) is 11.5 Å². The van der Waals surface area contributed by atoms with E-state index in [1.165, 1.54) is 15.9 Å². The molecule has 3 aromatic heterocycles. The van der Waals surface area contributed by atoms with Crippen molar-refractivity contribution in [2.45, 2.75) is 0 Å². The van der Waals surface area contributed by atoms with Crippen LogP contribution < -0.4 is 15.2 Å². The number of hydrogen-bond donors (Lipinski definition) is 0. The summed E-state index contributed by atoms with van der Waals surface area (Å²) < 4.78 is 12.3. The summed E-state index contributed by atoms with van der Waals surface area (Å²) in [5.74, 6) is 1.57. The van der Waals surface area contributed by atoms with Crippen LogP contribution in [0.3, 0.4) is 0 Å². The third-order valence-corrected chi connectivity index (χ3v) is 6.77. The minimum Gasteiger partial charge on any atom is -0.497 e. The van der Waals surface area contributed by atoms with Gasteiger partial charge in [0.25, 0.3) is 5.56 Å². The van der Waals surface area contributed by atoms with Crippen LogP contribution in [-0.4, -0.2) is 48.0 Å². The van der Waals surface area contributed by atoms with Crippen LogP contribution in [0.5, 0.6) is 5.75 Å². The van der Waals surface area contributed by atoms with Crippen LogP contribution >= 0.6 is 11.3 Å². The normalized spacial score (nSPS) is 14.5. The van der Waals surface area contributed by atoms with Crippen molar-refractivity contribution in [2.24, 2.45) is 0 Å². The summed E-state index contributed by atoms with van der Waals surface area (Å²) >= 11 is 1.48. The predicted molar refractivity (Wildman–Crippen MR) is 127 cm³/mol. The van der Waals surface area contributed by atoms with Crippen LogP contribution in [0.4, 0.5) is 5.82 Å². The van der Waals surface area contributed by atoms with E-state index >= 15 is 0 Å². The predicted octanol–water partition coefficient (Wildman–Crippen LogP) is 3.97. The van der Waals surface area contributed by atoms with E-state index in [4.69, 9.17) is 19.6 Å². The quantitative estimate of drug-likeness (QED) is 0.392. The standard InChI is InChI=1S/C24H20N4O3S/c1-30-16-8-6-15(7-9-16)19-14-32-23-20(19)24(29)28-21(25-23)17-4-2-3-5-18(17)22(26-28)27-10-12-31-13-11-27/h2-9,14H,10-13H2,1H3. The molecule has 1 saturated heterocycles. The first-order valence-corrected chi connectivity index (χ1v) is 11.3. The number of fused-ring (bicyclic) bond motifs is 4. The molecule has 7 nitrogen and oxygen atoms in total. The van der Waals surface area contributed by atoms with E-state index < -0.39 is 0 Å². The zero-order chi connectivity index (χ0) is 21.7. The number of rotatable bonds is 3. The lowest BCUT2D eigenvalue weighted by Gasteiger charge is -2.28. The Morgan fingerprint density at radius 2 is 1.78 bits per heavy atom. The smallest absolute Gasteiger partial charge is 0.283 e. The van der Waals surface area contributed by atoms with Gasteiger partial charge < -0.3 is 14.4 Å². The zero-order valence-electron chi connectivity index (χ0n) is 17.4. The van der Waals surface area contributed by atoms with Crippen molar-refractivity contribution in [1.82, 2.24) is 14.6 Å². The molecule has 0 amide bonds. The fourth-order valence-electron chi connectivity index (χ4n) is 4.26. The second kappa shape index (κ2) is 7.58. The van der Waals surface area contributed by atoms with Crippen LogP contribution in [0.2, 0.25) is 0 Å². The van der Waals surface area contributed by atoms with Gasteiger partial charge in [-0.1, -0.05) is 36.4 Å². The summed E-state index contributed by atoms with van der Waals surface area (Å²) in [6, 6.07) is 15.7. The molecule has 0 saturated carbocycles. The average Bonchev–Trinajstić information content (AvgIpc) is 3.29. The van der Waals surface area contributed by atoms with Crippen LogP contribution in [0.15, 0.2) is 58.7 Å². The Morgan fingerprint density at radius 1 is 1.03 bits per heavy atom. The second-order valence-electron chi connectivity index (χ2n) is 7.68. The maximum absolute atomic E-state index is 13.7. The maximum atomic E-state index is 13.7.